The Bertz CT molecular complexity index is 1170. The molecule has 0 radical (unpaired) electrons. The zero-order valence-corrected chi connectivity index (χ0v) is 39.8. The molecule has 2 rings (SSSR count). The molecule has 14 heteroatoms. The minimum Gasteiger partial charge on any atom is -0.394 e. The van der Waals surface area contributed by atoms with Gasteiger partial charge in [-0.05, 0) is 32.1 Å². The molecule has 2 saturated heterocycles. The van der Waals surface area contributed by atoms with Crippen molar-refractivity contribution in [3.63, 3.8) is 0 Å². The predicted octanol–water partition coefficient (Wildman–Crippen LogP) is 6.55. The van der Waals surface area contributed by atoms with Crippen LogP contribution in [0.5, 0.6) is 0 Å². The van der Waals surface area contributed by atoms with E-state index in [2.05, 4.69) is 31.3 Å². The highest BCUT2D eigenvalue weighted by Crippen LogP contribution is 2.30. The van der Waals surface area contributed by atoms with Crippen LogP contribution < -0.4 is 5.32 Å². The van der Waals surface area contributed by atoms with Gasteiger partial charge in [0.05, 0.1) is 32.0 Å². The molecule has 12 unspecified atom stereocenters. The highest BCUT2D eigenvalue weighted by molar-refractivity contribution is 5.76. The summed E-state index contributed by atoms with van der Waals surface area (Å²) in [5.74, 6) is -0.262. The third kappa shape index (κ3) is 24.5. The van der Waals surface area contributed by atoms with Crippen LogP contribution in [0.25, 0.3) is 0 Å². The first kappa shape index (κ1) is 58.6. The van der Waals surface area contributed by atoms with Crippen LogP contribution in [0.3, 0.4) is 0 Å². The lowest BCUT2D eigenvalue weighted by Gasteiger charge is -2.46. The van der Waals surface area contributed by atoms with Gasteiger partial charge in [-0.15, -0.1) is 0 Å². The monoisotopic (exact) mass is 916 g/mol. The molecule has 0 bridgehead atoms. The van der Waals surface area contributed by atoms with E-state index in [4.69, 9.17) is 18.9 Å². The third-order valence-corrected chi connectivity index (χ3v) is 12.6. The molecule has 64 heavy (non-hydrogen) atoms. The van der Waals surface area contributed by atoms with Crippen LogP contribution in [-0.4, -0.2) is 140 Å². The van der Waals surface area contributed by atoms with Crippen molar-refractivity contribution < 1.29 is 64.6 Å². The Balaban J connectivity index is 1.71. The van der Waals surface area contributed by atoms with Gasteiger partial charge in [-0.2, -0.15) is 0 Å². The van der Waals surface area contributed by atoms with E-state index >= 15 is 0 Å². The molecule has 2 aliphatic rings. The average molecular weight is 916 g/mol. The standard InChI is InChI=1S/C50H93NO13/c1-3-5-7-9-10-11-12-13-14-15-16-17-18-19-20-21-22-23-24-25-26-27-28-30-31-33-39(54)38(51-42(55)34-32-29-8-6-4-2)37-61-49-47(60)45(58)48(41(36-53)63-49)64-50-46(59)44(57)43(56)40(35-52)62-50/h26-27,31,33,38-41,43-50,52-54,56-60H,3-25,28-30,32,34-37H2,1-2H3,(H,51,55)/b27-26+,33-31+. The molecular formula is C50H93NO13. The number of ether oxygens (including phenoxy) is 4. The SMILES string of the molecule is CCCCCCCCCCCCCCCCCCCCC/C=C/CC/C=C/C(O)C(COC1OC(CO)C(OC2OC(CO)C(O)C(O)C2O)C(O)C1O)NC(=O)CCCCCCC. The molecule has 0 aromatic heterocycles. The minimum atomic E-state index is -1.79. The molecule has 0 aromatic carbocycles. The molecule has 0 aliphatic carbocycles. The molecule has 2 fully saturated rings. The number of amides is 1. The minimum absolute atomic E-state index is 0.262. The van der Waals surface area contributed by atoms with Crippen molar-refractivity contribution in [2.45, 2.75) is 267 Å². The molecule has 0 spiro atoms. The van der Waals surface area contributed by atoms with Crippen LogP contribution in [0.1, 0.15) is 194 Å². The Morgan fingerprint density at radius 3 is 1.53 bits per heavy atom. The first-order valence-electron chi connectivity index (χ1n) is 25.6. The number of allylic oxidation sites excluding steroid dienone is 3. The zero-order chi connectivity index (χ0) is 46.8. The number of hydrogen-bond donors (Lipinski definition) is 9. The second kappa shape index (κ2) is 37.5. The summed E-state index contributed by atoms with van der Waals surface area (Å²) < 4.78 is 22.6. The number of aliphatic hydroxyl groups excluding tert-OH is 8. The molecular weight excluding hydrogens is 823 g/mol. The van der Waals surface area contributed by atoms with E-state index in [0.29, 0.717) is 12.8 Å². The van der Waals surface area contributed by atoms with E-state index in [1.807, 2.05) is 6.08 Å². The summed E-state index contributed by atoms with van der Waals surface area (Å²) >= 11 is 0. The van der Waals surface area contributed by atoms with Crippen molar-refractivity contribution in [1.82, 2.24) is 5.32 Å². The van der Waals surface area contributed by atoms with Crippen LogP contribution in [0, 0.1) is 0 Å². The Morgan fingerprint density at radius 2 is 1.00 bits per heavy atom. The van der Waals surface area contributed by atoms with Gasteiger partial charge >= 0.3 is 0 Å². The molecule has 12 atom stereocenters. The lowest BCUT2D eigenvalue weighted by Crippen LogP contribution is -2.65. The van der Waals surface area contributed by atoms with E-state index in [-0.39, 0.29) is 18.9 Å². The summed E-state index contributed by atoms with van der Waals surface area (Å²) in [6, 6.07) is -0.923. The van der Waals surface area contributed by atoms with Crippen molar-refractivity contribution in [3.8, 4) is 0 Å². The van der Waals surface area contributed by atoms with E-state index < -0.39 is 86.8 Å². The predicted molar refractivity (Wildman–Crippen MR) is 249 cm³/mol. The summed E-state index contributed by atoms with van der Waals surface area (Å²) in [5, 5.41) is 86.3. The van der Waals surface area contributed by atoms with Gasteiger partial charge in [-0.3, -0.25) is 4.79 Å². The summed E-state index contributed by atoms with van der Waals surface area (Å²) in [7, 11) is 0. The molecule has 0 saturated carbocycles. The lowest BCUT2D eigenvalue weighted by atomic mass is 9.97. The highest BCUT2D eigenvalue weighted by atomic mass is 16.7. The van der Waals surface area contributed by atoms with Gasteiger partial charge in [0, 0.05) is 6.42 Å². The maximum atomic E-state index is 12.9. The molecule has 2 heterocycles. The van der Waals surface area contributed by atoms with Crippen molar-refractivity contribution in [2.24, 2.45) is 0 Å². The second-order valence-electron chi connectivity index (χ2n) is 18.3. The van der Waals surface area contributed by atoms with Gasteiger partial charge < -0.3 is 65.1 Å². The number of carbonyl (C=O) groups excluding carboxylic acids is 1. The van der Waals surface area contributed by atoms with Crippen LogP contribution in [-0.2, 0) is 23.7 Å². The van der Waals surface area contributed by atoms with Gasteiger partial charge in [0.15, 0.2) is 12.6 Å². The Labute approximate surface area is 386 Å². The number of rotatable bonds is 39. The van der Waals surface area contributed by atoms with Crippen LogP contribution in [0.15, 0.2) is 24.3 Å². The smallest absolute Gasteiger partial charge is 0.220 e. The Kier molecular flexibility index (Phi) is 34.3. The number of unbranched alkanes of at least 4 members (excludes halogenated alkanes) is 24. The van der Waals surface area contributed by atoms with Crippen molar-refractivity contribution in [1.29, 1.82) is 0 Å². The first-order chi connectivity index (χ1) is 31.1. The van der Waals surface area contributed by atoms with Gasteiger partial charge in [0.1, 0.15) is 48.8 Å². The molecule has 0 aromatic rings. The maximum absolute atomic E-state index is 12.9. The van der Waals surface area contributed by atoms with E-state index in [1.54, 1.807) is 6.08 Å². The van der Waals surface area contributed by atoms with Crippen LogP contribution in [0.2, 0.25) is 0 Å². The third-order valence-electron chi connectivity index (χ3n) is 12.6. The van der Waals surface area contributed by atoms with Gasteiger partial charge in [0.25, 0.3) is 0 Å². The maximum Gasteiger partial charge on any atom is 0.220 e. The fourth-order valence-electron chi connectivity index (χ4n) is 8.42. The summed E-state index contributed by atoms with van der Waals surface area (Å²) in [5.41, 5.74) is 0. The zero-order valence-electron chi connectivity index (χ0n) is 39.8. The van der Waals surface area contributed by atoms with Gasteiger partial charge in [-0.25, -0.2) is 0 Å². The van der Waals surface area contributed by atoms with Crippen LogP contribution >= 0.6 is 0 Å². The number of nitrogens with one attached hydrogen (secondary N) is 1. The molecule has 376 valence electrons. The quantitative estimate of drug-likeness (QED) is 0.0236. The van der Waals surface area contributed by atoms with Crippen molar-refractivity contribution in [3.05, 3.63) is 24.3 Å². The fourth-order valence-corrected chi connectivity index (χ4v) is 8.42. The topological polar surface area (TPSA) is 228 Å². The molecule has 14 nitrogen and oxygen atoms in total. The molecule has 9 N–H and O–H groups in total. The largest absolute Gasteiger partial charge is 0.394 e. The number of carbonyl (C=O) groups is 1. The number of hydrogen-bond acceptors (Lipinski definition) is 13. The molecule has 2 aliphatic heterocycles. The molecule has 1 amide bonds. The summed E-state index contributed by atoms with van der Waals surface area (Å²) in [6.07, 6.45) is 24.4. The normalized spacial score (nSPS) is 27.4. The van der Waals surface area contributed by atoms with E-state index in [0.717, 1.165) is 38.5 Å². The summed E-state index contributed by atoms with van der Waals surface area (Å²) in [4.78, 5) is 12.9. The Hall–Kier alpha value is -1.53. The van der Waals surface area contributed by atoms with Crippen molar-refractivity contribution >= 4 is 5.91 Å². The lowest BCUT2D eigenvalue weighted by molar-refractivity contribution is -0.359. The van der Waals surface area contributed by atoms with Crippen LogP contribution in [0.4, 0.5) is 0 Å². The second-order valence-corrected chi connectivity index (χ2v) is 18.3. The first-order valence-corrected chi connectivity index (χ1v) is 25.6. The summed E-state index contributed by atoms with van der Waals surface area (Å²) in [6.45, 7) is 2.67. The fraction of sp³-hybridized carbons (Fsp3) is 0.900. The van der Waals surface area contributed by atoms with Crippen molar-refractivity contribution in [2.75, 3.05) is 19.8 Å². The van der Waals surface area contributed by atoms with Gasteiger partial charge in [-0.1, -0.05) is 179 Å². The average Bonchev–Trinajstić information content (AvgIpc) is 3.29. The van der Waals surface area contributed by atoms with E-state index in [1.165, 1.54) is 122 Å². The Morgan fingerprint density at radius 1 is 0.547 bits per heavy atom. The highest BCUT2D eigenvalue weighted by Gasteiger charge is 2.51. The number of aliphatic hydroxyl groups is 8. The van der Waals surface area contributed by atoms with Gasteiger partial charge in [0.2, 0.25) is 5.91 Å². The van der Waals surface area contributed by atoms with E-state index in [9.17, 15) is 45.6 Å².